The molecule has 6 nitrogen and oxygen atoms in total. The fourth-order valence-electron chi connectivity index (χ4n) is 2.35. The third-order valence-corrected chi connectivity index (χ3v) is 9.67. The van der Waals surface area contributed by atoms with E-state index in [0.717, 1.165) is 12.8 Å². The summed E-state index contributed by atoms with van der Waals surface area (Å²) < 4.78 is 6.53. The summed E-state index contributed by atoms with van der Waals surface area (Å²) in [5, 5.41) is 13.8. The second-order valence-corrected chi connectivity index (χ2v) is 13.0. The zero-order chi connectivity index (χ0) is 20.2. The maximum absolute atomic E-state index is 13.0. The van der Waals surface area contributed by atoms with Crippen molar-refractivity contribution >= 4 is 19.9 Å². The monoisotopic (exact) mass is 380 g/mol. The van der Waals surface area contributed by atoms with Gasteiger partial charge in [-0.15, -0.1) is 0 Å². The van der Waals surface area contributed by atoms with Crippen LogP contribution in [0.5, 0.6) is 0 Å². The number of nitro benzene ring substituents is 1. The summed E-state index contributed by atoms with van der Waals surface area (Å²) in [7, 11) is -2.26. The Morgan fingerprint density at radius 1 is 1.19 bits per heavy atom. The van der Waals surface area contributed by atoms with E-state index in [-0.39, 0.29) is 16.6 Å². The van der Waals surface area contributed by atoms with Crippen LogP contribution in [0.3, 0.4) is 0 Å². The van der Waals surface area contributed by atoms with Crippen molar-refractivity contribution in [2.24, 2.45) is 0 Å². The SMILES string of the molecule is CCCCNC(=O)C(C)(O[Si](C)(C)C(C)(C)C)c1ccc([N+](=O)[O-])cc1. The summed E-state index contributed by atoms with van der Waals surface area (Å²) in [4.78, 5) is 23.5. The average Bonchev–Trinajstić information content (AvgIpc) is 2.53. The molecule has 0 heterocycles. The molecule has 1 atom stereocenters. The van der Waals surface area contributed by atoms with E-state index in [9.17, 15) is 14.9 Å². The number of non-ortho nitro benzene ring substituents is 1. The molecule has 0 aliphatic carbocycles. The number of hydrogen-bond donors (Lipinski definition) is 1. The minimum atomic E-state index is -2.26. The Kier molecular flexibility index (Phi) is 7.13. The van der Waals surface area contributed by atoms with Crippen molar-refractivity contribution in [3.8, 4) is 0 Å². The van der Waals surface area contributed by atoms with Crippen molar-refractivity contribution in [2.45, 2.75) is 71.2 Å². The molecule has 0 fully saturated rings. The predicted molar refractivity (Wildman–Crippen MR) is 107 cm³/mol. The van der Waals surface area contributed by atoms with Crippen LogP contribution in [0, 0.1) is 10.1 Å². The number of carbonyl (C=O) groups is 1. The Labute approximate surface area is 157 Å². The first-order valence-corrected chi connectivity index (χ1v) is 12.0. The average molecular weight is 381 g/mol. The lowest BCUT2D eigenvalue weighted by Crippen LogP contribution is -2.53. The molecule has 0 radical (unpaired) electrons. The Hall–Kier alpha value is -1.73. The van der Waals surface area contributed by atoms with Crippen molar-refractivity contribution in [3.63, 3.8) is 0 Å². The number of nitrogens with one attached hydrogen (secondary N) is 1. The minimum Gasteiger partial charge on any atom is -0.399 e. The first-order chi connectivity index (χ1) is 11.8. The molecule has 26 heavy (non-hydrogen) atoms. The van der Waals surface area contributed by atoms with E-state index in [4.69, 9.17) is 4.43 Å². The molecule has 146 valence electrons. The maximum Gasteiger partial charge on any atom is 0.269 e. The van der Waals surface area contributed by atoms with Gasteiger partial charge >= 0.3 is 0 Å². The number of unbranched alkanes of at least 4 members (excludes halogenated alkanes) is 1. The lowest BCUT2D eigenvalue weighted by molar-refractivity contribution is -0.384. The van der Waals surface area contributed by atoms with Crippen molar-refractivity contribution in [2.75, 3.05) is 6.54 Å². The third-order valence-electron chi connectivity index (χ3n) is 5.14. The van der Waals surface area contributed by atoms with Crippen LogP contribution in [0.2, 0.25) is 18.1 Å². The fraction of sp³-hybridized carbons (Fsp3) is 0.632. The molecule has 0 aliphatic rings. The molecule has 1 rings (SSSR count). The highest BCUT2D eigenvalue weighted by Gasteiger charge is 2.47. The fourth-order valence-corrected chi connectivity index (χ4v) is 3.89. The van der Waals surface area contributed by atoms with Gasteiger partial charge < -0.3 is 9.74 Å². The highest BCUT2D eigenvalue weighted by Crippen LogP contribution is 2.42. The summed E-state index contributed by atoms with van der Waals surface area (Å²) >= 11 is 0. The van der Waals surface area contributed by atoms with Crippen LogP contribution in [0.25, 0.3) is 0 Å². The van der Waals surface area contributed by atoms with Gasteiger partial charge in [0.15, 0.2) is 13.9 Å². The van der Waals surface area contributed by atoms with Gasteiger partial charge in [-0.1, -0.05) is 34.1 Å². The summed E-state index contributed by atoms with van der Waals surface area (Å²) in [5.74, 6) is -0.204. The third kappa shape index (κ3) is 5.14. The van der Waals surface area contributed by atoms with Gasteiger partial charge in [0.25, 0.3) is 11.6 Å². The summed E-state index contributed by atoms with van der Waals surface area (Å²) in [5.41, 5.74) is -0.567. The van der Waals surface area contributed by atoms with Crippen LogP contribution in [0.15, 0.2) is 24.3 Å². The molecule has 0 spiro atoms. The second-order valence-electron chi connectivity index (χ2n) is 8.31. The van der Waals surface area contributed by atoms with Crippen molar-refractivity contribution in [1.29, 1.82) is 0 Å². The zero-order valence-electron chi connectivity index (χ0n) is 17.0. The molecular weight excluding hydrogens is 348 g/mol. The minimum absolute atomic E-state index is 0.00480. The molecule has 1 aromatic carbocycles. The molecular formula is C19H32N2O4Si. The lowest BCUT2D eigenvalue weighted by atomic mass is 9.95. The summed E-state index contributed by atoms with van der Waals surface area (Å²) in [6, 6.07) is 6.07. The zero-order valence-corrected chi connectivity index (χ0v) is 18.0. The smallest absolute Gasteiger partial charge is 0.269 e. The van der Waals surface area contributed by atoms with E-state index in [1.165, 1.54) is 12.1 Å². The second kappa shape index (κ2) is 8.31. The van der Waals surface area contributed by atoms with E-state index >= 15 is 0 Å². The molecule has 0 bridgehead atoms. The Bertz CT molecular complexity index is 638. The summed E-state index contributed by atoms with van der Waals surface area (Å²) in [6.07, 6.45) is 1.87. The van der Waals surface area contributed by atoms with E-state index in [2.05, 4.69) is 46.1 Å². The molecule has 0 aliphatic heterocycles. The van der Waals surface area contributed by atoms with Crippen molar-refractivity contribution in [3.05, 3.63) is 39.9 Å². The topological polar surface area (TPSA) is 81.5 Å². The highest BCUT2D eigenvalue weighted by molar-refractivity contribution is 6.74. The number of carbonyl (C=O) groups excluding carboxylic acids is 1. The van der Waals surface area contributed by atoms with Gasteiger partial charge in [-0.3, -0.25) is 14.9 Å². The van der Waals surface area contributed by atoms with E-state index in [0.29, 0.717) is 12.1 Å². The van der Waals surface area contributed by atoms with Crippen LogP contribution >= 0.6 is 0 Å². The van der Waals surface area contributed by atoms with Gasteiger partial charge in [-0.2, -0.15) is 0 Å². The van der Waals surface area contributed by atoms with Crippen LogP contribution in [-0.4, -0.2) is 25.7 Å². The normalized spacial score (nSPS) is 14.6. The number of amides is 1. The lowest BCUT2D eigenvalue weighted by Gasteiger charge is -2.43. The van der Waals surface area contributed by atoms with Gasteiger partial charge in [-0.05, 0) is 49.2 Å². The molecule has 0 saturated heterocycles. The van der Waals surface area contributed by atoms with Gasteiger partial charge in [0.2, 0.25) is 0 Å². The molecule has 1 aromatic rings. The highest BCUT2D eigenvalue weighted by atomic mass is 28.4. The van der Waals surface area contributed by atoms with Crippen LogP contribution in [-0.2, 0) is 14.8 Å². The van der Waals surface area contributed by atoms with Crippen molar-refractivity contribution in [1.82, 2.24) is 5.32 Å². The molecule has 0 aromatic heterocycles. The van der Waals surface area contributed by atoms with Gasteiger partial charge in [0.05, 0.1) is 4.92 Å². The number of rotatable bonds is 8. The number of benzene rings is 1. The van der Waals surface area contributed by atoms with Crippen molar-refractivity contribution < 1.29 is 14.1 Å². The molecule has 1 amide bonds. The molecule has 0 saturated carbocycles. The molecule has 1 unspecified atom stereocenters. The summed E-state index contributed by atoms with van der Waals surface area (Å²) in [6.45, 7) is 14.9. The standard InChI is InChI=1S/C19H32N2O4Si/c1-8-9-14-20-17(22)19(5,25-26(6,7)18(2,3)4)15-10-12-16(13-11-15)21(23)24/h10-13H,8-9,14H2,1-7H3,(H,20,22). The van der Waals surface area contributed by atoms with Crippen LogP contribution < -0.4 is 5.32 Å². The van der Waals surface area contributed by atoms with Crippen LogP contribution in [0.1, 0.15) is 53.0 Å². The predicted octanol–water partition coefficient (Wildman–Crippen LogP) is 4.75. The number of nitro groups is 1. The van der Waals surface area contributed by atoms with Gasteiger partial charge in [0, 0.05) is 18.7 Å². The van der Waals surface area contributed by atoms with E-state index in [1.807, 2.05) is 0 Å². The first-order valence-electron chi connectivity index (χ1n) is 9.08. The largest absolute Gasteiger partial charge is 0.399 e. The maximum atomic E-state index is 13.0. The van der Waals surface area contributed by atoms with E-state index < -0.39 is 18.8 Å². The molecule has 7 heteroatoms. The number of nitrogens with zero attached hydrogens (tertiary/aromatic N) is 1. The molecule has 1 N–H and O–H groups in total. The Morgan fingerprint density at radius 2 is 1.73 bits per heavy atom. The van der Waals surface area contributed by atoms with Gasteiger partial charge in [0.1, 0.15) is 0 Å². The quantitative estimate of drug-likeness (QED) is 0.305. The van der Waals surface area contributed by atoms with Crippen LogP contribution in [0.4, 0.5) is 5.69 Å². The number of hydrogen-bond acceptors (Lipinski definition) is 4. The first kappa shape index (κ1) is 22.3. The Morgan fingerprint density at radius 3 is 2.15 bits per heavy atom. The van der Waals surface area contributed by atoms with E-state index in [1.54, 1.807) is 19.1 Å². The van der Waals surface area contributed by atoms with Gasteiger partial charge in [-0.25, -0.2) is 0 Å². The Balaban J connectivity index is 3.28.